The molecular weight excluding hydrogens is 263 g/mol. The molecule has 0 heterocycles. The summed E-state index contributed by atoms with van der Waals surface area (Å²) in [6, 6.07) is 4.88. The third-order valence-corrected chi connectivity index (χ3v) is 2.91. The van der Waals surface area contributed by atoms with E-state index in [1.54, 1.807) is 25.3 Å². The topological polar surface area (TPSA) is 29.5 Å². The highest BCUT2D eigenvalue weighted by Crippen LogP contribution is 2.26. The maximum absolute atomic E-state index is 13.6. The van der Waals surface area contributed by atoms with Crippen LogP contribution < -0.4 is 0 Å². The monoisotopic (exact) mass is 276 g/mol. The molecule has 0 aromatic heterocycles. The summed E-state index contributed by atoms with van der Waals surface area (Å²) in [6.45, 7) is 1.83. The van der Waals surface area contributed by atoms with Gasteiger partial charge in [-0.2, -0.15) is 0 Å². The first-order valence-electron chi connectivity index (χ1n) is 4.71. The van der Waals surface area contributed by atoms with Crippen LogP contribution in [0.15, 0.2) is 22.7 Å². The molecule has 0 aliphatic heterocycles. The van der Waals surface area contributed by atoms with Crippen LogP contribution >= 0.6 is 15.9 Å². The van der Waals surface area contributed by atoms with Crippen molar-refractivity contribution < 1.29 is 14.2 Å². The number of methoxy groups -OCH3 is 1. The van der Waals surface area contributed by atoms with E-state index < -0.39 is 11.9 Å². The Morgan fingerprint density at radius 3 is 2.80 bits per heavy atom. The van der Waals surface area contributed by atoms with Gasteiger partial charge in [0.2, 0.25) is 0 Å². The zero-order valence-electron chi connectivity index (χ0n) is 8.71. The van der Waals surface area contributed by atoms with Gasteiger partial charge in [0.05, 0.1) is 16.7 Å². The summed E-state index contributed by atoms with van der Waals surface area (Å²) in [4.78, 5) is 0. The van der Waals surface area contributed by atoms with Gasteiger partial charge in [0, 0.05) is 19.1 Å². The van der Waals surface area contributed by atoms with E-state index >= 15 is 0 Å². The largest absolute Gasteiger partial charge is 0.388 e. The molecule has 0 aliphatic rings. The van der Waals surface area contributed by atoms with Gasteiger partial charge in [0.15, 0.2) is 0 Å². The van der Waals surface area contributed by atoms with Gasteiger partial charge in [-0.1, -0.05) is 12.1 Å². The van der Waals surface area contributed by atoms with E-state index in [2.05, 4.69) is 15.9 Å². The lowest BCUT2D eigenvalue weighted by Gasteiger charge is -2.16. The minimum atomic E-state index is -0.836. The van der Waals surface area contributed by atoms with Gasteiger partial charge in [-0.3, -0.25) is 0 Å². The second-order valence-electron chi connectivity index (χ2n) is 3.44. The zero-order valence-corrected chi connectivity index (χ0v) is 10.3. The quantitative estimate of drug-likeness (QED) is 0.916. The van der Waals surface area contributed by atoms with Gasteiger partial charge in [0.25, 0.3) is 0 Å². The van der Waals surface area contributed by atoms with Crippen LogP contribution in [-0.4, -0.2) is 18.3 Å². The van der Waals surface area contributed by atoms with Crippen molar-refractivity contribution >= 4 is 15.9 Å². The fraction of sp³-hybridized carbons (Fsp3) is 0.455. The van der Waals surface area contributed by atoms with E-state index in [1.165, 1.54) is 0 Å². The van der Waals surface area contributed by atoms with Crippen LogP contribution in [0.25, 0.3) is 0 Å². The van der Waals surface area contributed by atoms with Gasteiger partial charge in [0.1, 0.15) is 5.82 Å². The van der Waals surface area contributed by atoms with E-state index in [0.29, 0.717) is 16.5 Å². The van der Waals surface area contributed by atoms with Crippen molar-refractivity contribution in [2.24, 2.45) is 0 Å². The van der Waals surface area contributed by atoms with Crippen molar-refractivity contribution in [3.05, 3.63) is 34.1 Å². The second-order valence-corrected chi connectivity index (χ2v) is 4.30. The molecular formula is C11H14BrFO2. The average molecular weight is 277 g/mol. The lowest BCUT2D eigenvalue weighted by atomic mass is 10.0. The molecule has 2 atom stereocenters. The number of benzene rings is 1. The maximum Gasteiger partial charge on any atom is 0.143 e. The van der Waals surface area contributed by atoms with Crippen LogP contribution in [0.3, 0.4) is 0 Å². The Bertz CT molecular complexity index is 330. The molecule has 0 saturated carbocycles. The minimum Gasteiger partial charge on any atom is -0.388 e. The molecule has 84 valence electrons. The normalized spacial score (nSPS) is 15.0. The Morgan fingerprint density at radius 1 is 1.53 bits per heavy atom. The van der Waals surface area contributed by atoms with E-state index in [-0.39, 0.29) is 6.10 Å². The zero-order chi connectivity index (χ0) is 11.4. The van der Waals surface area contributed by atoms with Gasteiger partial charge in [-0.05, 0) is 28.9 Å². The number of ether oxygens (including phenoxy) is 1. The standard InChI is InChI=1S/C11H14BrFO2/c1-7(15-2)6-10(14)8-4-3-5-9(12)11(8)13/h3-5,7,10,14H,6H2,1-2H3. The molecule has 0 aliphatic carbocycles. The number of hydrogen-bond donors (Lipinski definition) is 1. The maximum atomic E-state index is 13.6. The summed E-state index contributed by atoms with van der Waals surface area (Å²) in [7, 11) is 1.56. The molecule has 0 saturated heterocycles. The summed E-state index contributed by atoms with van der Waals surface area (Å²) in [5.41, 5.74) is 0.299. The highest BCUT2D eigenvalue weighted by molar-refractivity contribution is 9.10. The first-order chi connectivity index (χ1) is 7.06. The lowest BCUT2D eigenvalue weighted by Crippen LogP contribution is -2.12. The summed E-state index contributed by atoms with van der Waals surface area (Å²) in [5, 5.41) is 9.79. The van der Waals surface area contributed by atoms with Crippen molar-refractivity contribution in [2.45, 2.75) is 25.6 Å². The van der Waals surface area contributed by atoms with Crippen LogP contribution in [0.5, 0.6) is 0 Å². The lowest BCUT2D eigenvalue weighted by molar-refractivity contribution is 0.0545. The van der Waals surface area contributed by atoms with Gasteiger partial charge >= 0.3 is 0 Å². The molecule has 1 N–H and O–H groups in total. The van der Waals surface area contributed by atoms with Gasteiger partial charge < -0.3 is 9.84 Å². The molecule has 15 heavy (non-hydrogen) atoms. The molecule has 0 fully saturated rings. The molecule has 1 rings (SSSR count). The van der Waals surface area contributed by atoms with Crippen LogP contribution in [0, 0.1) is 5.82 Å². The van der Waals surface area contributed by atoms with Crippen molar-refractivity contribution in [1.29, 1.82) is 0 Å². The second kappa shape index (κ2) is 5.58. The minimum absolute atomic E-state index is 0.0987. The predicted molar refractivity (Wildman–Crippen MR) is 60.1 cm³/mol. The summed E-state index contributed by atoms with van der Waals surface area (Å²) < 4.78 is 18.9. The Kier molecular flexibility index (Phi) is 4.70. The summed E-state index contributed by atoms with van der Waals surface area (Å²) in [6.07, 6.45) is -0.556. The van der Waals surface area contributed by atoms with E-state index in [0.717, 1.165) is 0 Å². The van der Waals surface area contributed by atoms with Gasteiger partial charge in [-0.15, -0.1) is 0 Å². The number of halogens is 2. The Labute approximate surface area is 97.2 Å². The highest BCUT2D eigenvalue weighted by Gasteiger charge is 2.17. The van der Waals surface area contributed by atoms with Crippen LogP contribution in [-0.2, 0) is 4.74 Å². The van der Waals surface area contributed by atoms with Crippen molar-refractivity contribution in [3.63, 3.8) is 0 Å². The average Bonchev–Trinajstić information content (AvgIpc) is 2.21. The summed E-state index contributed by atoms with van der Waals surface area (Å²) in [5.74, 6) is -0.409. The number of aliphatic hydroxyl groups is 1. The molecule has 2 unspecified atom stereocenters. The smallest absolute Gasteiger partial charge is 0.143 e. The molecule has 0 spiro atoms. The molecule has 2 nitrogen and oxygen atoms in total. The SMILES string of the molecule is COC(C)CC(O)c1cccc(Br)c1F. The first-order valence-corrected chi connectivity index (χ1v) is 5.50. The number of aliphatic hydroxyl groups excluding tert-OH is 1. The Morgan fingerprint density at radius 2 is 2.20 bits per heavy atom. The van der Waals surface area contributed by atoms with E-state index in [1.807, 2.05) is 6.92 Å². The molecule has 0 radical (unpaired) electrons. The van der Waals surface area contributed by atoms with E-state index in [9.17, 15) is 9.50 Å². The van der Waals surface area contributed by atoms with Crippen molar-refractivity contribution in [3.8, 4) is 0 Å². The highest BCUT2D eigenvalue weighted by atomic mass is 79.9. The first kappa shape index (κ1) is 12.6. The summed E-state index contributed by atoms with van der Waals surface area (Å²) >= 11 is 3.08. The number of rotatable bonds is 4. The van der Waals surface area contributed by atoms with Crippen LogP contribution in [0.1, 0.15) is 25.0 Å². The Balaban J connectivity index is 2.82. The molecule has 1 aromatic carbocycles. The third-order valence-electron chi connectivity index (χ3n) is 2.30. The third kappa shape index (κ3) is 3.26. The molecule has 0 amide bonds. The Hall–Kier alpha value is -0.450. The predicted octanol–water partition coefficient (Wildman–Crippen LogP) is 3.05. The fourth-order valence-corrected chi connectivity index (χ4v) is 1.70. The van der Waals surface area contributed by atoms with Gasteiger partial charge in [-0.25, -0.2) is 4.39 Å². The fourth-order valence-electron chi connectivity index (χ4n) is 1.32. The number of hydrogen-bond acceptors (Lipinski definition) is 2. The molecule has 1 aromatic rings. The molecule has 0 bridgehead atoms. The van der Waals surface area contributed by atoms with Crippen molar-refractivity contribution in [1.82, 2.24) is 0 Å². The van der Waals surface area contributed by atoms with Crippen LogP contribution in [0.4, 0.5) is 4.39 Å². The van der Waals surface area contributed by atoms with E-state index in [4.69, 9.17) is 4.74 Å². The van der Waals surface area contributed by atoms with Crippen LogP contribution in [0.2, 0.25) is 0 Å². The van der Waals surface area contributed by atoms with Crippen molar-refractivity contribution in [2.75, 3.05) is 7.11 Å². The molecule has 4 heteroatoms.